The van der Waals surface area contributed by atoms with E-state index in [4.69, 9.17) is 4.52 Å². The van der Waals surface area contributed by atoms with Crippen LogP contribution in [0.5, 0.6) is 0 Å². The molecule has 0 spiro atoms. The van der Waals surface area contributed by atoms with Crippen molar-refractivity contribution in [2.75, 3.05) is 0 Å². The monoisotopic (exact) mass is 285 g/mol. The number of hydrogen-bond acceptors (Lipinski definition) is 4. The van der Waals surface area contributed by atoms with Crippen LogP contribution < -0.4 is 0 Å². The molecule has 0 aromatic carbocycles. The molecule has 1 aromatic heterocycles. The van der Waals surface area contributed by atoms with Crippen molar-refractivity contribution in [3.63, 3.8) is 0 Å². The fraction of sp³-hybridized carbons (Fsp3) is 0.538. The van der Waals surface area contributed by atoms with Gasteiger partial charge in [-0.15, -0.1) is 11.3 Å². The van der Waals surface area contributed by atoms with Gasteiger partial charge in [-0.25, -0.2) is 4.98 Å². The first kappa shape index (κ1) is 15.5. The van der Waals surface area contributed by atoms with Crippen LogP contribution >= 0.6 is 20.8 Å². The molecular formula is C13H20NO2PS. The maximum atomic E-state index is 10.6. The Morgan fingerprint density at radius 1 is 1.67 bits per heavy atom. The molecule has 1 heterocycles. The third kappa shape index (κ3) is 3.98. The van der Waals surface area contributed by atoms with Gasteiger partial charge in [-0.3, -0.25) is 0 Å². The molecule has 0 saturated carbocycles. The van der Waals surface area contributed by atoms with E-state index in [0.29, 0.717) is 6.42 Å². The Bertz CT molecular complexity index is 440. The predicted molar refractivity (Wildman–Crippen MR) is 78.9 cm³/mol. The van der Waals surface area contributed by atoms with Crippen LogP contribution in [0.1, 0.15) is 37.9 Å². The van der Waals surface area contributed by atoms with Gasteiger partial charge in [0.1, 0.15) is 6.29 Å². The number of aromatic nitrogens is 1. The number of carbonyl (C=O) groups is 1. The van der Waals surface area contributed by atoms with Crippen molar-refractivity contribution in [2.45, 2.75) is 45.6 Å². The van der Waals surface area contributed by atoms with Crippen molar-refractivity contribution in [1.82, 2.24) is 4.98 Å². The molecule has 0 radical (unpaired) electrons. The number of allylic oxidation sites excluding steroid dienone is 1. The number of rotatable bonds is 6. The summed E-state index contributed by atoms with van der Waals surface area (Å²) in [5, 5.41) is 3.14. The molecular weight excluding hydrogens is 265 g/mol. The highest BCUT2D eigenvalue weighted by atomic mass is 32.1. The number of thiazole rings is 1. The maximum Gasteiger partial charge on any atom is 0.122 e. The van der Waals surface area contributed by atoms with E-state index >= 15 is 0 Å². The van der Waals surface area contributed by atoms with Crippen LogP contribution in [0.25, 0.3) is 0 Å². The molecule has 1 unspecified atom stereocenters. The first-order valence-corrected chi connectivity index (χ1v) is 7.17. The molecule has 0 aliphatic carbocycles. The van der Waals surface area contributed by atoms with E-state index in [0.717, 1.165) is 22.6 Å². The van der Waals surface area contributed by atoms with Gasteiger partial charge in [0.2, 0.25) is 0 Å². The molecule has 18 heavy (non-hydrogen) atoms. The summed E-state index contributed by atoms with van der Waals surface area (Å²) in [5.41, 5.74) is 1.95. The van der Waals surface area contributed by atoms with Crippen LogP contribution in [0.4, 0.5) is 0 Å². The zero-order valence-electron chi connectivity index (χ0n) is 11.3. The number of carbonyl (C=O) groups excluding carboxylic acids is 1. The standard InChI is InChI=1S/C13H20NO2PS/c1-9(11(16-17)5-6-15)7-13(3,4)12-8-18-10(2)14-12/h6-8,11H,5,17H2,1-4H3/b9-7+/t11-/m0/s1. The molecule has 0 saturated heterocycles. The molecule has 0 N–H and O–H groups in total. The summed E-state index contributed by atoms with van der Waals surface area (Å²) in [5.74, 6) is 0. The van der Waals surface area contributed by atoms with Gasteiger partial charge in [0.25, 0.3) is 0 Å². The van der Waals surface area contributed by atoms with E-state index in [-0.39, 0.29) is 11.5 Å². The molecule has 2 atom stereocenters. The number of hydrogen-bond donors (Lipinski definition) is 0. The summed E-state index contributed by atoms with van der Waals surface area (Å²) in [4.78, 5) is 15.1. The second kappa shape index (κ2) is 6.55. The average Bonchev–Trinajstić information content (AvgIpc) is 2.72. The highest BCUT2D eigenvalue weighted by Crippen LogP contribution is 2.28. The predicted octanol–water partition coefficient (Wildman–Crippen LogP) is 3.44. The third-order valence-corrected chi connectivity index (χ3v) is 3.95. The molecule has 0 bridgehead atoms. The van der Waals surface area contributed by atoms with Crippen molar-refractivity contribution in [1.29, 1.82) is 0 Å². The van der Waals surface area contributed by atoms with Gasteiger partial charge in [-0.2, -0.15) is 0 Å². The van der Waals surface area contributed by atoms with Gasteiger partial charge in [0, 0.05) is 26.7 Å². The number of aryl methyl sites for hydroxylation is 1. The fourth-order valence-electron chi connectivity index (χ4n) is 1.83. The molecule has 0 fully saturated rings. The minimum atomic E-state index is -0.175. The summed E-state index contributed by atoms with van der Waals surface area (Å²) in [6.07, 6.45) is 3.20. The topological polar surface area (TPSA) is 39.2 Å². The summed E-state index contributed by atoms with van der Waals surface area (Å²) in [7, 11) is 2.23. The van der Waals surface area contributed by atoms with E-state index in [9.17, 15) is 4.79 Å². The molecule has 5 heteroatoms. The lowest BCUT2D eigenvalue weighted by Crippen LogP contribution is -2.19. The zero-order chi connectivity index (χ0) is 13.8. The van der Waals surface area contributed by atoms with Gasteiger partial charge in [0.15, 0.2) is 0 Å². The lowest BCUT2D eigenvalue weighted by atomic mass is 9.86. The average molecular weight is 285 g/mol. The highest BCUT2D eigenvalue weighted by molar-refractivity contribution is 7.10. The summed E-state index contributed by atoms with van der Waals surface area (Å²) >= 11 is 1.65. The quantitative estimate of drug-likeness (QED) is 0.456. The van der Waals surface area contributed by atoms with Crippen molar-refractivity contribution < 1.29 is 9.32 Å². The summed E-state index contributed by atoms with van der Waals surface area (Å²) < 4.78 is 5.24. The van der Waals surface area contributed by atoms with Crippen molar-refractivity contribution in [3.05, 3.63) is 27.7 Å². The largest absolute Gasteiger partial charge is 0.358 e. The van der Waals surface area contributed by atoms with Crippen molar-refractivity contribution in [2.24, 2.45) is 0 Å². The van der Waals surface area contributed by atoms with E-state index in [1.807, 2.05) is 13.8 Å². The minimum absolute atomic E-state index is 0.154. The Morgan fingerprint density at radius 3 is 2.78 bits per heavy atom. The smallest absolute Gasteiger partial charge is 0.122 e. The number of nitrogens with zero attached hydrogens (tertiary/aromatic N) is 1. The first-order valence-electron chi connectivity index (χ1n) is 5.82. The lowest BCUT2D eigenvalue weighted by Gasteiger charge is -2.22. The van der Waals surface area contributed by atoms with Crippen LogP contribution in [0.2, 0.25) is 0 Å². The van der Waals surface area contributed by atoms with E-state index in [1.54, 1.807) is 11.3 Å². The molecule has 0 aliphatic rings. The molecule has 1 aromatic rings. The molecule has 100 valence electrons. The Kier molecular flexibility index (Phi) is 5.64. The second-order valence-corrected chi connectivity index (χ2v) is 6.22. The van der Waals surface area contributed by atoms with Gasteiger partial charge < -0.3 is 9.32 Å². The Balaban J connectivity index is 2.94. The van der Waals surface area contributed by atoms with E-state index < -0.39 is 0 Å². The van der Waals surface area contributed by atoms with E-state index in [1.165, 1.54) is 0 Å². The molecule has 0 amide bonds. The second-order valence-electron chi connectivity index (χ2n) is 4.89. The fourth-order valence-corrected chi connectivity index (χ4v) is 2.95. The molecule has 3 nitrogen and oxygen atoms in total. The van der Waals surface area contributed by atoms with Gasteiger partial charge in [0.05, 0.1) is 16.8 Å². The lowest BCUT2D eigenvalue weighted by molar-refractivity contribution is -0.108. The van der Waals surface area contributed by atoms with Crippen molar-refractivity contribution >= 4 is 27.1 Å². The van der Waals surface area contributed by atoms with Crippen LogP contribution in [0.3, 0.4) is 0 Å². The zero-order valence-corrected chi connectivity index (χ0v) is 13.2. The summed E-state index contributed by atoms with van der Waals surface area (Å²) in [6.45, 7) is 8.22. The van der Waals surface area contributed by atoms with Gasteiger partial charge in [-0.05, 0) is 19.4 Å². The van der Waals surface area contributed by atoms with Gasteiger partial charge in [-0.1, -0.05) is 19.9 Å². The van der Waals surface area contributed by atoms with Crippen molar-refractivity contribution in [3.8, 4) is 0 Å². The van der Waals surface area contributed by atoms with Crippen LogP contribution in [0.15, 0.2) is 17.0 Å². The third-order valence-electron chi connectivity index (χ3n) is 2.85. The Hall–Kier alpha value is -0.570. The van der Waals surface area contributed by atoms with Gasteiger partial charge >= 0.3 is 0 Å². The highest BCUT2D eigenvalue weighted by Gasteiger charge is 2.22. The molecule has 1 rings (SSSR count). The van der Waals surface area contributed by atoms with Crippen LogP contribution in [-0.2, 0) is 14.7 Å². The SMILES string of the molecule is C/C(=C\C(C)(C)c1csc(C)n1)[C@H](CC=O)OP. The Morgan fingerprint density at radius 2 is 2.33 bits per heavy atom. The van der Waals surface area contributed by atoms with Crippen LogP contribution in [-0.4, -0.2) is 17.4 Å². The normalized spacial score (nSPS) is 14.6. The number of aldehydes is 1. The summed E-state index contributed by atoms with van der Waals surface area (Å²) in [6, 6.07) is 0. The minimum Gasteiger partial charge on any atom is -0.358 e. The van der Waals surface area contributed by atoms with E-state index in [2.05, 4.69) is 39.8 Å². The first-order chi connectivity index (χ1) is 8.40. The maximum absolute atomic E-state index is 10.6. The molecule has 0 aliphatic heterocycles. The van der Waals surface area contributed by atoms with Crippen LogP contribution in [0, 0.1) is 6.92 Å². The Labute approximate surface area is 115 Å².